The summed E-state index contributed by atoms with van der Waals surface area (Å²) in [5.41, 5.74) is 0.0683. The standard InChI is InChI=1S/C7H5BrCl2FNO2S/c8-5-1-4(11)2-6(10)7(5)12-15(13,14)3-9/h1-2,12H,3H2. The van der Waals surface area contributed by atoms with Crippen LogP contribution >= 0.6 is 39.1 Å². The first kappa shape index (κ1) is 13.0. The zero-order valence-electron chi connectivity index (χ0n) is 7.10. The van der Waals surface area contributed by atoms with E-state index in [1.165, 1.54) is 0 Å². The zero-order valence-corrected chi connectivity index (χ0v) is 11.0. The lowest BCUT2D eigenvalue weighted by atomic mass is 10.3. The zero-order chi connectivity index (χ0) is 11.6. The number of hydrogen-bond acceptors (Lipinski definition) is 2. The Morgan fingerprint density at radius 2 is 2.07 bits per heavy atom. The van der Waals surface area contributed by atoms with Crippen molar-refractivity contribution >= 4 is 54.8 Å². The van der Waals surface area contributed by atoms with Crippen LogP contribution in [0.25, 0.3) is 0 Å². The van der Waals surface area contributed by atoms with E-state index in [-0.39, 0.29) is 15.2 Å². The molecule has 0 radical (unpaired) electrons. The minimum Gasteiger partial charge on any atom is -0.280 e. The van der Waals surface area contributed by atoms with Crippen molar-refractivity contribution in [3.05, 3.63) is 27.4 Å². The first-order valence-electron chi connectivity index (χ1n) is 3.57. The maximum absolute atomic E-state index is 12.8. The second-order valence-electron chi connectivity index (χ2n) is 2.57. The van der Waals surface area contributed by atoms with E-state index < -0.39 is 21.1 Å². The Morgan fingerprint density at radius 3 is 2.53 bits per heavy atom. The van der Waals surface area contributed by atoms with Crippen LogP contribution < -0.4 is 4.72 Å². The van der Waals surface area contributed by atoms with E-state index in [4.69, 9.17) is 23.2 Å². The molecule has 3 nitrogen and oxygen atoms in total. The molecule has 0 saturated carbocycles. The average molecular weight is 337 g/mol. The third kappa shape index (κ3) is 3.48. The molecular formula is C7H5BrCl2FNO2S. The fourth-order valence-electron chi connectivity index (χ4n) is 0.822. The molecule has 1 rings (SSSR count). The van der Waals surface area contributed by atoms with E-state index >= 15 is 0 Å². The summed E-state index contributed by atoms with van der Waals surface area (Å²) in [6.07, 6.45) is 0. The smallest absolute Gasteiger partial charge is 0.246 e. The van der Waals surface area contributed by atoms with Gasteiger partial charge in [0, 0.05) is 4.47 Å². The summed E-state index contributed by atoms with van der Waals surface area (Å²) in [6, 6.07) is 2.09. The van der Waals surface area contributed by atoms with Crippen LogP contribution in [-0.4, -0.2) is 13.6 Å². The van der Waals surface area contributed by atoms with E-state index in [0.29, 0.717) is 0 Å². The van der Waals surface area contributed by atoms with Crippen molar-refractivity contribution in [2.45, 2.75) is 0 Å². The van der Waals surface area contributed by atoms with Crippen molar-refractivity contribution in [2.24, 2.45) is 0 Å². The van der Waals surface area contributed by atoms with Crippen LogP contribution in [-0.2, 0) is 10.0 Å². The average Bonchev–Trinajstić information content (AvgIpc) is 2.11. The second-order valence-corrected chi connectivity index (χ2v) is 6.14. The van der Waals surface area contributed by atoms with Crippen molar-refractivity contribution in [3.63, 3.8) is 0 Å². The molecule has 0 heterocycles. The van der Waals surface area contributed by atoms with Crippen molar-refractivity contribution in [1.82, 2.24) is 0 Å². The predicted molar refractivity (Wildman–Crippen MR) is 62.4 cm³/mol. The Morgan fingerprint density at radius 1 is 1.47 bits per heavy atom. The molecule has 0 spiro atoms. The van der Waals surface area contributed by atoms with Crippen molar-refractivity contribution in [2.75, 3.05) is 9.93 Å². The summed E-state index contributed by atoms with van der Waals surface area (Å²) >= 11 is 13.8. The van der Waals surface area contributed by atoms with Gasteiger partial charge in [-0.25, -0.2) is 12.8 Å². The van der Waals surface area contributed by atoms with E-state index in [0.717, 1.165) is 12.1 Å². The minimum absolute atomic E-state index is 0.0458. The number of alkyl halides is 1. The van der Waals surface area contributed by atoms with Gasteiger partial charge < -0.3 is 0 Å². The molecule has 1 aromatic carbocycles. The van der Waals surface area contributed by atoms with Gasteiger partial charge in [0.05, 0.1) is 10.7 Å². The van der Waals surface area contributed by atoms with E-state index in [1.807, 2.05) is 0 Å². The largest absolute Gasteiger partial charge is 0.280 e. The first-order valence-corrected chi connectivity index (χ1v) is 6.92. The first-order chi connectivity index (χ1) is 6.85. The third-order valence-electron chi connectivity index (χ3n) is 1.41. The lowest BCUT2D eigenvalue weighted by molar-refractivity contribution is 0.605. The summed E-state index contributed by atoms with van der Waals surface area (Å²) in [7, 11) is -3.65. The number of hydrogen-bond donors (Lipinski definition) is 1. The quantitative estimate of drug-likeness (QED) is 0.862. The maximum Gasteiger partial charge on any atom is 0.246 e. The van der Waals surface area contributed by atoms with Gasteiger partial charge in [0.1, 0.15) is 11.0 Å². The molecule has 8 heteroatoms. The second kappa shape index (κ2) is 4.86. The third-order valence-corrected chi connectivity index (χ3v) is 4.00. The molecule has 0 atom stereocenters. The highest BCUT2D eigenvalue weighted by Gasteiger charge is 2.14. The number of rotatable bonds is 3. The lowest BCUT2D eigenvalue weighted by Crippen LogP contribution is -2.14. The molecule has 0 saturated heterocycles. The fraction of sp³-hybridized carbons (Fsp3) is 0.143. The van der Waals surface area contributed by atoms with Crippen LogP contribution in [0.5, 0.6) is 0 Å². The summed E-state index contributed by atoms with van der Waals surface area (Å²) < 4.78 is 37.4. The molecule has 0 bridgehead atoms. The number of anilines is 1. The Bertz CT molecular complexity index is 457. The van der Waals surface area contributed by atoms with Gasteiger partial charge in [-0.1, -0.05) is 11.6 Å². The highest BCUT2D eigenvalue weighted by atomic mass is 79.9. The highest BCUT2D eigenvalue weighted by Crippen LogP contribution is 2.32. The van der Waals surface area contributed by atoms with Crippen LogP contribution in [0.15, 0.2) is 16.6 Å². The predicted octanol–water partition coefficient (Wildman–Crippen LogP) is 3.18. The number of halogens is 4. The molecular weight excluding hydrogens is 332 g/mol. The number of nitrogens with one attached hydrogen (secondary N) is 1. The van der Waals surface area contributed by atoms with Crippen LogP contribution in [0.1, 0.15) is 0 Å². The van der Waals surface area contributed by atoms with E-state index in [9.17, 15) is 12.8 Å². The fourth-order valence-corrected chi connectivity index (χ4v) is 2.66. The van der Waals surface area contributed by atoms with Gasteiger partial charge in [0.15, 0.2) is 0 Å². The Hall–Kier alpha value is -0.0400. The van der Waals surface area contributed by atoms with Gasteiger partial charge in [0.25, 0.3) is 0 Å². The SMILES string of the molecule is O=S(=O)(CCl)Nc1c(Cl)cc(F)cc1Br. The van der Waals surface area contributed by atoms with Gasteiger partial charge in [-0.2, -0.15) is 0 Å². The summed E-state index contributed by atoms with van der Waals surface area (Å²) in [6.45, 7) is 0. The molecule has 0 unspecified atom stereocenters. The topological polar surface area (TPSA) is 46.2 Å². The van der Waals surface area contributed by atoms with Gasteiger partial charge in [0.2, 0.25) is 10.0 Å². The Balaban J connectivity index is 3.17. The van der Waals surface area contributed by atoms with E-state index in [1.54, 1.807) is 0 Å². The van der Waals surface area contributed by atoms with E-state index in [2.05, 4.69) is 20.7 Å². The summed E-state index contributed by atoms with van der Waals surface area (Å²) in [4.78, 5) is 0. The molecule has 0 aliphatic carbocycles. The van der Waals surface area contributed by atoms with Gasteiger partial charge >= 0.3 is 0 Å². The number of benzene rings is 1. The Labute approximate surface area is 105 Å². The normalized spacial score (nSPS) is 11.5. The molecule has 1 N–H and O–H groups in total. The molecule has 1 aromatic rings. The van der Waals surface area contributed by atoms with Crippen LogP contribution in [0.3, 0.4) is 0 Å². The van der Waals surface area contributed by atoms with Crippen LogP contribution in [0.2, 0.25) is 5.02 Å². The minimum atomic E-state index is -3.65. The van der Waals surface area contributed by atoms with Crippen molar-refractivity contribution < 1.29 is 12.8 Å². The van der Waals surface area contributed by atoms with Crippen LogP contribution in [0.4, 0.5) is 10.1 Å². The molecule has 0 aromatic heterocycles. The summed E-state index contributed by atoms with van der Waals surface area (Å²) in [5, 5.41) is -0.650. The van der Waals surface area contributed by atoms with Crippen molar-refractivity contribution in [1.29, 1.82) is 0 Å². The van der Waals surface area contributed by atoms with Crippen molar-refractivity contribution in [3.8, 4) is 0 Å². The van der Waals surface area contributed by atoms with Gasteiger partial charge in [-0.15, -0.1) is 11.6 Å². The number of sulfonamides is 1. The van der Waals surface area contributed by atoms with Crippen LogP contribution in [0, 0.1) is 5.82 Å². The molecule has 0 amide bonds. The highest BCUT2D eigenvalue weighted by molar-refractivity contribution is 9.10. The lowest BCUT2D eigenvalue weighted by Gasteiger charge is -2.09. The molecule has 15 heavy (non-hydrogen) atoms. The molecule has 0 aliphatic heterocycles. The van der Waals surface area contributed by atoms with Gasteiger partial charge in [-0.3, -0.25) is 4.72 Å². The molecule has 84 valence electrons. The maximum atomic E-state index is 12.8. The molecule has 0 aliphatic rings. The monoisotopic (exact) mass is 335 g/mol. The molecule has 0 fully saturated rings. The Kier molecular flexibility index (Phi) is 4.22. The van der Waals surface area contributed by atoms with Gasteiger partial charge in [-0.05, 0) is 28.1 Å². The summed E-state index contributed by atoms with van der Waals surface area (Å²) in [5.74, 6) is -0.569.